The minimum absolute atomic E-state index is 0. The normalized spacial score (nSPS) is 12.0. The molecule has 0 aliphatic carbocycles. The number of thiophene rings is 1. The molecule has 0 saturated heterocycles. The average Bonchev–Trinajstić information content (AvgIpc) is 3.28. The number of rotatable bonds is 8. The highest BCUT2D eigenvalue weighted by Crippen LogP contribution is 2.19. The van der Waals surface area contributed by atoms with E-state index >= 15 is 0 Å². The minimum Gasteiger partial charge on any atom is -0.473 e. The summed E-state index contributed by atoms with van der Waals surface area (Å²) in [5, 5.41) is 8.85. The van der Waals surface area contributed by atoms with Crippen LogP contribution in [0.25, 0.3) is 0 Å². The van der Waals surface area contributed by atoms with Crippen molar-refractivity contribution in [2.24, 2.45) is 4.99 Å². The van der Waals surface area contributed by atoms with Gasteiger partial charge in [-0.2, -0.15) is 0 Å². The lowest BCUT2D eigenvalue weighted by atomic mass is 10.1. The summed E-state index contributed by atoms with van der Waals surface area (Å²) in [4.78, 5) is 10.1. The van der Waals surface area contributed by atoms with Crippen LogP contribution in [0.3, 0.4) is 0 Å². The molecule has 0 saturated carbocycles. The monoisotopic (exact) mass is 522 g/mol. The molecule has 5 nitrogen and oxygen atoms in total. The maximum atomic E-state index is 5.93. The summed E-state index contributed by atoms with van der Waals surface area (Å²) in [5.41, 5.74) is 2.11. The van der Waals surface area contributed by atoms with E-state index in [1.165, 1.54) is 4.88 Å². The predicted molar refractivity (Wildman–Crippen MR) is 131 cm³/mol. The van der Waals surface area contributed by atoms with E-state index in [0.717, 1.165) is 23.6 Å². The van der Waals surface area contributed by atoms with Crippen LogP contribution in [0.4, 0.5) is 0 Å². The summed E-state index contributed by atoms with van der Waals surface area (Å²) >= 11 is 1.78. The van der Waals surface area contributed by atoms with Crippen LogP contribution in [0.15, 0.2) is 71.2 Å². The largest absolute Gasteiger partial charge is 0.473 e. The van der Waals surface area contributed by atoms with E-state index in [2.05, 4.69) is 45.0 Å². The summed E-state index contributed by atoms with van der Waals surface area (Å²) in [6.07, 6.45) is 1.75. The van der Waals surface area contributed by atoms with E-state index in [1.807, 2.05) is 42.5 Å². The van der Waals surface area contributed by atoms with Gasteiger partial charge < -0.3 is 15.4 Å². The zero-order chi connectivity index (χ0) is 19.6. The van der Waals surface area contributed by atoms with Crippen LogP contribution >= 0.6 is 35.3 Å². The number of hydrogen-bond acceptors (Lipinski definition) is 4. The molecule has 0 radical (unpaired) electrons. The second kappa shape index (κ2) is 12.4. The van der Waals surface area contributed by atoms with E-state index in [1.54, 1.807) is 24.6 Å². The number of aromatic nitrogens is 1. The Morgan fingerprint density at radius 3 is 2.66 bits per heavy atom. The first-order valence-corrected chi connectivity index (χ1v) is 10.2. The molecular formula is C22H27IN4OS. The Morgan fingerprint density at radius 2 is 1.93 bits per heavy atom. The van der Waals surface area contributed by atoms with Crippen LogP contribution in [0.2, 0.25) is 0 Å². The first kappa shape index (κ1) is 23.2. The van der Waals surface area contributed by atoms with Crippen molar-refractivity contribution >= 4 is 41.3 Å². The van der Waals surface area contributed by atoms with Gasteiger partial charge in [0.1, 0.15) is 6.61 Å². The molecule has 2 aromatic heterocycles. The van der Waals surface area contributed by atoms with Crippen LogP contribution in [0.1, 0.15) is 28.8 Å². The maximum absolute atomic E-state index is 5.93. The summed E-state index contributed by atoms with van der Waals surface area (Å²) in [7, 11) is 1.78. The second-order valence-electron chi connectivity index (χ2n) is 6.47. The molecule has 0 aliphatic rings. The number of nitrogens with one attached hydrogen (secondary N) is 2. The van der Waals surface area contributed by atoms with E-state index in [9.17, 15) is 0 Å². The van der Waals surface area contributed by atoms with Crippen molar-refractivity contribution in [3.05, 3.63) is 82.2 Å². The zero-order valence-corrected chi connectivity index (χ0v) is 19.8. The maximum Gasteiger partial charge on any atom is 0.218 e. The lowest BCUT2D eigenvalue weighted by Crippen LogP contribution is -2.38. The molecule has 3 aromatic rings. The number of nitrogens with zero attached hydrogens (tertiary/aromatic N) is 2. The summed E-state index contributed by atoms with van der Waals surface area (Å²) in [5.74, 6) is 1.84. The summed E-state index contributed by atoms with van der Waals surface area (Å²) in [6.45, 7) is 4.12. The molecule has 29 heavy (non-hydrogen) atoms. The first-order valence-electron chi connectivity index (χ1n) is 9.35. The Balaban J connectivity index is 0.00000300. The highest BCUT2D eigenvalue weighted by Gasteiger charge is 2.09. The first-order chi connectivity index (χ1) is 13.8. The Kier molecular flexibility index (Phi) is 9.93. The summed E-state index contributed by atoms with van der Waals surface area (Å²) in [6, 6.07) is 18.3. The second-order valence-corrected chi connectivity index (χ2v) is 7.44. The SMILES string of the molecule is CN=C(NCc1cccnc1OCc1ccccc1)NCC(C)c1cccs1.I. The topological polar surface area (TPSA) is 58.5 Å². The molecule has 0 amide bonds. The van der Waals surface area contributed by atoms with E-state index in [-0.39, 0.29) is 24.0 Å². The molecular weight excluding hydrogens is 495 g/mol. The van der Waals surface area contributed by atoms with Crippen LogP contribution < -0.4 is 15.4 Å². The molecule has 1 aromatic carbocycles. The Bertz CT molecular complexity index is 872. The lowest BCUT2D eigenvalue weighted by Gasteiger charge is -2.16. The molecule has 0 spiro atoms. The third kappa shape index (κ3) is 7.32. The molecule has 2 heterocycles. The minimum atomic E-state index is 0. The zero-order valence-electron chi connectivity index (χ0n) is 16.7. The third-order valence-corrected chi connectivity index (χ3v) is 5.45. The number of guanidine groups is 1. The van der Waals surface area contributed by atoms with E-state index < -0.39 is 0 Å². The van der Waals surface area contributed by atoms with Crippen molar-refractivity contribution in [1.29, 1.82) is 0 Å². The molecule has 1 unspecified atom stereocenters. The van der Waals surface area contributed by atoms with Crippen molar-refractivity contribution in [2.45, 2.75) is 26.0 Å². The Labute approximate surface area is 193 Å². The van der Waals surface area contributed by atoms with Crippen LogP contribution in [0, 0.1) is 0 Å². The van der Waals surface area contributed by atoms with Gasteiger partial charge in [-0.3, -0.25) is 4.99 Å². The fourth-order valence-corrected chi connectivity index (χ4v) is 3.52. The van der Waals surface area contributed by atoms with Gasteiger partial charge in [0.05, 0.1) is 0 Å². The average molecular weight is 522 g/mol. The standard InChI is InChI=1S/C22H26N4OS.HI/c1-17(20-11-7-13-28-20)14-25-22(23-2)26-15-19-10-6-12-24-21(19)27-16-18-8-4-3-5-9-18;/h3-13,17H,14-16H2,1-2H3,(H2,23,25,26);1H. The van der Waals surface area contributed by atoms with Gasteiger partial charge in [0, 0.05) is 42.7 Å². The van der Waals surface area contributed by atoms with Crippen LogP contribution in [-0.2, 0) is 13.2 Å². The van der Waals surface area contributed by atoms with Gasteiger partial charge in [-0.05, 0) is 23.1 Å². The van der Waals surface area contributed by atoms with Gasteiger partial charge in [-0.1, -0.05) is 49.4 Å². The molecule has 0 aliphatic heterocycles. The summed E-state index contributed by atoms with van der Waals surface area (Å²) < 4.78 is 5.93. The lowest BCUT2D eigenvalue weighted by molar-refractivity contribution is 0.290. The van der Waals surface area contributed by atoms with Gasteiger partial charge in [-0.25, -0.2) is 4.98 Å². The quantitative estimate of drug-likeness (QED) is 0.253. The smallest absolute Gasteiger partial charge is 0.218 e. The number of ether oxygens (including phenoxy) is 1. The fraction of sp³-hybridized carbons (Fsp3) is 0.273. The molecule has 3 rings (SSSR count). The van der Waals surface area contributed by atoms with Gasteiger partial charge in [0.2, 0.25) is 5.88 Å². The number of hydrogen-bond donors (Lipinski definition) is 2. The van der Waals surface area contributed by atoms with Crippen molar-refractivity contribution in [2.75, 3.05) is 13.6 Å². The van der Waals surface area contributed by atoms with Gasteiger partial charge in [-0.15, -0.1) is 35.3 Å². The van der Waals surface area contributed by atoms with Gasteiger partial charge in [0.25, 0.3) is 0 Å². The van der Waals surface area contributed by atoms with E-state index in [4.69, 9.17) is 4.74 Å². The van der Waals surface area contributed by atoms with Crippen LogP contribution in [-0.4, -0.2) is 24.5 Å². The van der Waals surface area contributed by atoms with Crippen molar-refractivity contribution in [3.8, 4) is 5.88 Å². The van der Waals surface area contributed by atoms with Crippen molar-refractivity contribution in [1.82, 2.24) is 15.6 Å². The number of halogens is 1. The molecule has 0 fully saturated rings. The predicted octanol–water partition coefficient (Wildman–Crippen LogP) is 4.81. The molecule has 154 valence electrons. The molecule has 2 N–H and O–H groups in total. The number of benzene rings is 1. The number of aliphatic imine (C=N–C) groups is 1. The van der Waals surface area contributed by atoms with Crippen molar-refractivity contribution in [3.63, 3.8) is 0 Å². The van der Waals surface area contributed by atoms with E-state index in [0.29, 0.717) is 24.9 Å². The van der Waals surface area contributed by atoms with Crippen molar-refractivity contribution < 1.29 is 4.74 Å². The Morgan fingerprint density at radius 1 is 1.10 bits per heavy atom. The van der Waals surface area contributed by atoms with Gasteiger partial charge >= 0.3 is 0 Å². The Hall–Kier alpha value is -2.13. The third-order valence-electron chi connectivity index (χ3n) is 4.34. The fourth-order valence-electron chi connectivity index (χ4n) is 2.74. The van der Waals surface area contributed by atoms with Gasteiger partial charge in [0.15, 0.2) is 5.96 Å². The highest BCUT2D eigenvalue weighted by molar-refractivity contribution is 14.0. The molecule has 1 atom stereocenters. The van der Waals surface area contributed by atoms with Crippen LogP contribution in [0.5, 0.6) is 5.88 Å². The molecule has 0 bridgehead atoms. The highest BCUT2D eigenvalue weighted by atomic mass is 127. The molecule has 7 heteroatoms. The number of pyridine rings is 1.